The number of nitrogens with zero attached hydrogens (tertiary/aromatic N) is 2. The van der Waals surface area contributed by atoms with E-state index in [4.69, 9.17) is 9.57 Å². The Balaban J connectivity index is 1.59. The molecule has 2 amide bonds. The monoisotopic (exact) mass is 496 g/mol. The first-order chi connectivity index (χ1) is 15.5. The molecule has 0 unspecified atom stereocenters. The molecule has 2 aliphatic heterocycles. The number of anilines is 2. The predicted octanol–water partition coefficient (Wildman–Crippen LogP) is 4.65. The van der Waals surface area contributed by atoms with Crippen molar-refractivity contribution >= 4 is 39.1 Å². The van der Waals surface area contributed by atoms with Crippen molar-refractivity contribution in [1.82, 2.24) is 0 Å². The second-order valence-corrected chi connectivity index (χ2v) is 8.39. The molecule has 162 valence electrons. The fourth-order valence-electron chi connectivity index (χ4n) is 4.26. The zero-order valence-corrected chi connectivity index (χ0v) is 18.5. The molecule has 3 aromatic carbocycles. The van der Waals surface area contributed by atoms with Crippen LogP contribution in [-0.2, 0) is 14.4 Å². The SMILES string of the molecule is COc1ccc([C@@H]2[C@@H]3C(=O)N(c4ccc(F)cc4)C(=O)[C@@H]3ON2c2ccccc2)cc1Br. The second kappa shape index (κ2) is 8.03. The molecule has 0 bridgehead atoms. The molecule has 0 radical (unpaired) electrons. The number of rotatable bonds is 4. The summed E-state index contributed by atoms with van der Waals surface area (Å²) in [5.41, 5.74) is 1.84. The average Bonchev–Trinajstić information content (AvgIpc) is 3.31. The first-order valence-corrected chi connectivity index (χ1v) is 10.8. The lowest BCUT2D eigenvalue weighted by molar-refractivity contribution is -0.126. The summed E-state index contributed by atoms with van der Waals surface area (Å²) in [6.07, 6.45) is -0.987. The number of imide groups is 1. The lowest BCUT2D eigenvalue weighted by Crippen LogP contribution is -2.37. The van der Waals surface area contributed by atoms with Gasteiger partial charge in [-0.3, -0.25) is 14.4 Å². The van der Waals surface area contributed by atoms with Gasteiger partial charge in [0.1, 0.15) is 17.5 Å². The lowest BCUT2D eigenvalue weighted by atomic mass is 9.90. The van der Waals surface area contributed by atoms with Gasteiger partial charge >= 0.3 is 0 Å². The highest BCUT2D eigenvalue weighted by atomic mass is 79.9. The summed E-state index contributed by atoms with van der Waals surface area (Å²) in [5, 5.41) is 1.63. The number of ether oxygens (including phenoxy) is 1. The topological polar surface area (TPSA) is 59.1 Å². The molecule has 32 heavy (non-hydrogen) atoms. The molecule has 2 fully saturated rings. The maximum Gasteiger partial charge on any atom is 0.266 e. The third-order valence-corrected chi connectivity index (χ3v) is 6.35. The largest absolute Gasteiger partial charge is 0.496 e. The minimum absolute atomic E-state index is 0.320. The fourth-order valence-corrected chi connectivity index (χ4v) is 4.82. The Labute approximate surface area is 192 Å². The molecule has 2 saturated heterocycles. The van der Waals surface area contributed by atoms with Crippen LogP contribution in [-0.4, -0.2) is 25.0 Å². The zero-order chi connectivity index (χ0) is 22.4. The Bertz CT molecular complexity index is 1190. The van der Waals surface area contributed by atoms with Crippen LogP contribution < -0.4 is 14.7 Å². The molecule has 0 aromatic heterocycles. The summed E-state index contributed by atoms with van der Waals surface area (Å²) in [4.78, 5) is 33.9. The highest BCUT2D eigenvalue weighted by Gasteiger charge is 2.60. The Morgan fingerprint density at radius 2 is 1.66 bits per heavy atom. The number of hydrogen-bond donors (Lipinski definition) is 0. The number of hydroxylamine groups is 1. The van der Waals surface area contributed by atoms with Crippen molar-refractivity contribution in [2.24, 2.45) is 5.92 Å². The maximum absolute atomic E-state index is 13.5. The minimum atomic E-state index is -0.987. The molecule has 8 heteroatoms. The van der Waals surface area contributed by atoms with Gasteiger partial charge in [0.15, 0.2) is 6.10 Å². The Kier molecular flexibility index (Phi) is 5.19. The van der Waals surface area contributed by atoms with Gasteiger partial charge in [-0.05, 0) is 70.0 Å². The fraction of sp³-hybridized carbons (Fsp3) is 0.167. The number of hydrogen-bond acceptors (Lipinski definition) is 5. The summed E-state index contributed by atoms with van der Waals surface area (Å²) in [5.74, 6) is -1.42. The van der Waals surface area contributed by atoms with Crippen LogP contribution in [0.2, 0.25) is 0 Å². The van der Waals surface area contributed by atoms with Crippen LogP contribution in [0.25, 0.3) is 0 Å². The number of carbonyl (C=O) groups excluding carboxylic acids is 2. The van der Waals surface area contributed by atoms with Crippen molar-refractivity contribution in [3.63, 3.8) is 0 Å². The smallest absolute Gasteiger partial charge is 0.266 e. The number of carbonyl (C=O) groups is 2. The molecule has 0 spiro atoms. The number of benzene rings is 3. The van der Waals surface area contributed by atoms with Crippen molar-refractivity contribution < 1.29 is 23.6 Å². The molecule has 0 N–H and O–H groups in total. The van der Waals surface area contributed by atoms with E-state index in [1.54, 1.807) is 18.2 Å². The number of halogens is 2. The van der Waals surface area contributed by atoms with E-state index >= 15 is 0 Å². The van der Waals surface area contributed by atoms with Crippen molar-refractivity contribution in [1.29, 1.82) is 0 Å². The summed E-state index contributed by atoms with van der Waals surface area (Å²) in [6, 6.07) is 19.6. The Hall–Kier alpha value is -3.23. The van der Waals surface area contributed by atoms with E-state index in [1.807, 2.05) is 42.5 Å². The summed E-state index contributed by atoms with van der Waals surface area (Å²) >= 11 is 3.50. The number of amides is 2. The van der Waals surface area contributed by atoms with Gasteiger partial charge in [-0.2, -0.15) is 0 Å². The number of methoxy groups -OCH3 is 1. The average molecular weight is 497 g/mol. The summed E-state index contributed by atoms with van der Waals surface area (Å²) in [7, 11) is 1.57. The summed E-state index contributed by atoms with van der Waals surface area (Å²) in [6.45, 7) is 0. The van der Waals surface area contributed by atoms with Gasteiger partial charge in [0.25, 0.3) is 5.91 Å². The van der Waals surface area contributed by atoms with Crippen LogP contribution in [0.3, 0.4) is 0 Å². The third-order valence-electron chi connectivity index (χ3n) is 5.73. The van der Waals surface area contributed by atoms with Crippen LogP contribution in [0.15, 0.2) is 77.3 Å². The van der Waals surface area contributed by atoms with Crippen molar-refractivity contribution in [3.05, 3.63) is 88.6 Å². The molecule has 0 aliphatic carbocycles. The van der Waals surface area contributed by atoms with Gasteiger partial charge in [-0.1, -0.05) is 24.3 Å². The van der Waals surface area contributed by atoms with Crippen LogP contribution in [0.1, 0.15) is 11.6 Å². The van der Waals surface area contributed by atoms with Crippen LogP contribution >= 0.6 is 15.9 Å². The first-order valence-electron chi connectivity index (χ1n) is 9.97. The normalized spacial score (nSPS) is 22.4. The molecule has 3 atom stereocenters. The van der Waals surface area contributed by atoms with Crippen LogP contribution in [0, 0.1) is 11.7 Å². The van der Waals surface area contributed by atoms with Gasteiger partial charge in [-0.15, -0.1) is 0 Å². The van der Waals surface area contributed by atoms with E-state index < -0.39 is 29.8 Å². The van der Waals surface area contributed by atoms with Crippen molar-refractivity contribution in [2.45, 2.75) is 12.1 Å². The van der Waals surface area contributed by atoms with Crippen LogP contribution in [0.4, 0.5) is 15.8 Å². The summed E-state index contributed by atoms with van der Waals surface area (Å²) < 4.78 is 19.4. The van der Waals surface area contributed by atoms with E-state index in [9.17, 15) is 14.0 Å². The predicted molar refractivity (Wildman–Crippen MR) is 120 cm³/mol. The van der Waals surface area contributed by atoms with E-state index in [2.05, 4.69) is 15.9 Å². The number of fused-ring (bicyclic) bond motifs is 1. The highest BCUT2D eigenvalue weighted by molar-refractivity contribution is 9.10. The van der Waals surface area contributed by atoms with Crippen LogP contribution in [0.5, 0.6) is 5.75 Å². The zero-order valence-electron chi connectivity index (χ0n) is 16.9. The Morgan fingerprint density at radius 3 is 2.31 bits per heavy atom. The lowest BCUT2D eigenvalue weighted by Gasteiger charge is -2.29. The van der Waals surface area contributed by atoms with E-state index in [0.717, 1.165) is 20.6 Å². The van der Waals surface area contributed by atoms with Gasteiger partial charge in [0.05, 0.1) is 29.0 Å². The first kappa shape index (κ1) is 20.7. The van der Waals surface area contributed by atoms with Gasteiger partial charge in [0.2, 0.25) is 5.91 Å². The molecule has 2 heterocycles. The van der Waals surface area contributed by atoms with Crippen molar-refractivity contribution in [3.8, 4) is 5.75 Å². The number of para-hydroxylation sites is 1. The van der Waals surface area contributed by atoms with E-state index in [1.165, 1.54) is 24.3 Å². The van der Waals surface area contributed by atoms with Gasteiger partial charge in [0, 0.05) is 0 Å². The van der Waals surface area contributed by atoms with E-state index in [-0.39, 0.29) is 5.91 Å². The molecule has 6 nitrogen and oxygen atoms in total. The minimum Gasteiger partial charge on any atom is -0.496 e. The standard InChI is InChI=1S/C24H18BrFN2O4/c1-31-19-12-7-14(13-18(19)25)21-20-22(32-28(21)17-5-3-2-4-6-17)24(30)27(23(20)29)16-10-8-15(26)9-11-16/h2-13,20-22H,1H3/t20-,21+,22+/m0/s1. The molecule has 3 aromatic rings. The molecule has 0 saturated carbocycles. The molecule has 2 aliphatic rings. The quantitative estimate of drug-likeness (QED) is 0.492. The maximum atomic E-state index is 13.5. The van der Waals surface area contributed by atoms with Gasteiger partial charge in [-0.25, -0.2) is 14.4 Å². The van der Waals surface area contributed by atoms with E-state index in [0.29, 0.717) is 11.4 Å². The molecular formula is C24H18BrFN2O4. The highest BCUT2D eigenvalue weighted by Crippen LogP contribution is 2.48. The molecule has 5 rings (SSSR count). The van der Waals surface area contributed by atoms with Gasteiger partial charge < -0.3 is 4.74 Å². The second-order valence-electron chi connectivity index (χ2n) is 7.54. The third kappa shape index (κ3) is 3.27. The van der Waals surface area contributed by atoms with Crippen molar-refractivity contribution in [2.75, 3.05) is 17.1 Å². The molecular weight excluding hydrogens is 479 g/mol. The Morgan fingerprint density at radius 1 is 0.938 bits per heavy atom.